The molecule has 0 spiro atoms. The van der Waals surface area contributed by atoms with E-state index in [9.17, 15) is 4.79 Å². The van der Waals surface area contributed by atoms with Gasteiger partial charge in [0.05, 0.1) is 13.7 Å². The molecule has 0 radical (unpaired) electrons. The van der Waals surface area contributed by atoms with Gasteiger partial charge in [0.15, 0.2) is 11.5 Å². The maximum absolute atomic E-state index is 11.4. The van der Waals surface area contributed by atoms with Crippen LogP contribution in [-0.4, -0.2) is 26.2 Å². The number of carbonyl (C=O) groups excluding carboxylic acids is 1. The number of nitrogens with two attached hydrogens (primary N) is 1. The standard InChI is InChI=1S/C16H26N2O3.ClH/c1-12(2)7-9-21-14-5-4-13(10-15(14)20-3)11-18-16(19)6-8-17;/h4-5,10,12H,6-9,11,17H2,1-3H3,(H,18,19);1H. The molecule has 0 atom stereocenters. The van der Waals surface area contributed by atoms with Gasteiger partial charge < -0.3 is 20.5 Å². The van der Waals surface area contributed by atoms with E-state index in [1.54, 1.807) is 7.11 Å². The molecule has 0 aliphatic heterocycles. The van der Waals surface area contributed by atoms with Crippen molar-refractivity contribution in [3.05, 3.63) is 23.8 Å². The molecule has 3 N–H and O–H groups in total. The maximum atomic E-state index is 11.4. The molecule has 0 heterocycles. The summed E-state index contributed by atoms with van der Waals surface area (Å²) in [6, 6.07) is 5.69. The first-order valence-corrected chi connectivity index (χ1v) is 7.33. The molecule has 1 aromatic carbocycles. The van der Waals surface area contributed by atoms with E-state index in [0.29, 0.717) is 37.8 Å². The molecular weight excluding hydrogens is 304 g/mol. The van der Waals surface area contributed by atoms with Gasteiger partial charge in [-0.15, -0.1) is 12.4 Å². The van der Waals surface area contributed by atoms with Crippen LogP contribution in [0.15, 0.2) is 18.2 Å². The van der Waals surface area contributed by atoms with Crippen LogP contribution in [0, 0.1) is 5.92 Å². The van der Waals surface area contributed by atoms with E-state index >= 15 is 0 Å². The Kier molecular flexibility index (Phi) is 10.4. The lowest BCUT2D eigenvalue weighted by atomic mass is 10.1. The first kappa shape index (κ1) is 20.5. The van der Waals surface area contributed by atoms with Crippen LogP contribution in [0.1, 0.15) is 32.3 Å². The third-order valence-electron chi connectivity index (χ3n) is 3.04. The first-order valence-electron chi connectivity index (χ1n) is 7.33. The molecule has 1 amide bonds. The lowest BCUT2D eigenvalue weighted by Crippen LogP contribution is -2.24. The lowest BCUT2D eigenvalue weighted by Gasteiger charge is -2.13. The van der Waals surface area contributed by atoms with Gasteiger partial charge in [0.1, 0.15) is 0 Å². The molecule has 126 valence electrons. The SMILES string of the molecule is COc1cc(CNC(=O)CCN)ccc1OCCC(C)C.Cl. The summed E-state index contributed by atoms with van der Waals surface area (Å²) < 4.78 is 11.1. The largest absolute Gasteiger partial charge is 0.493 e. The summed E-state index contributed by atoms with van der Waals surface area (Å²) in [5.74, 6) is 1.97. The van der Waals surface area contributed by atoms with E-state index in [1.165, 1.54) is 0 Å². The second-order valence-corrected chi connectivity index (χ2v) is 5.33. The van der Waals surface area contributed by atoms with Gasteiger partial charge in [-0.25, -0.2) is 0 Å². The minimum atomic E-state index is -0.0475. The van der Waals surface area contributed by atoms with Gasteiger partial charge in [-0.2, -0.15) is 0 Å². The smallest absolute Gasteiger partial charge is 0.221 e. The Balaban J connectivity index is 0.00000441. The Hall–Kier alpha value is -1.46. The van der Waals surface area contributed by atoms with Crippen LogP contribution >= 0.6 is 12.4 Å². The molecule has 0 fully saturated rings. The normalized spacial score (nSPS) is 10.0. The quantitative estimate of drug-likeness (QED) is 0.729. The number of hydrogen-bond donors (Lipinski definition) is 2. The third kappa shape index (κ3) is 7.52. The Labute approximate surface area is 139 Å². The number of hydrogen-bond acceptors (Lipinski definition) is 4. The fourth-order valence-corrected chi connectivity index (χ4v) is 1.77. The Bertz CT molecular complexity index is 453. The summed E-state index contributed by atoms with van der Waals surface area (Å²) in [5.41, 5.74) is 6.30. The van der Waals surface area contributed by atoms with Crippen LogP contribution in [0.3, 0.4) is 0 Å². The van der Waals surface area contributed by atoms with E-state index in [-0.39, 0.29) is 18.3 Å². The zero-order valence-electron chi connectivity index (χ0n) is 13.6. The van der Waals surface area contributed by atoms with Gasteiger partial charge >= 0.3 is 0 Å². The molecule has 6 heteroatoms. The average molecular weight is 331 g/mol. The Morgan fingerprint density at radius 3 is 2.64 bits per heavy atom. The monoisotopic (exact) mass is 330 g/mol. The topological polar surface area (TPSA) is 73.6 Å². The fraction of sp³-hybridized carbons (Fsp3) is 0.562. The molecule has 0 aliphatic rings. The number of methoxy groups -OCH3 is 1. The molecule has 0 aromatic heterocycles. The maximum Gasteiger partial charge on any atom is 0.221 e. The van der Waals surface area contributed by atoms with Gasteiger partial charge in [0.25, 0.3) is 0 Å². The van der Waals surface area contributed by atoms with Crippen molar-refractivity contribution in [2.24, 2.45) is 11.7 Å². The molecule has 5 nitrogen and oxygen atoms in total. The molecule has 0 bridgehead atoms. The molecule has 1 rings (SSSR count). The first-order chi connectivity index (χ1) is 10.1. The second-order valence-electron chi connectivity index (χ2n) is 5.33. The minimum absolute atomic E-state index is 0. The number of halogens is 1. The second kappa shape index (κ2) is 11.2. The van der Waals surface area contributed by atoms with Gasteiger partial charge in [0, 0.05) is 19.5 Å². The molecule has 1 aromatic rings. The summed E-state index contributed by atoms with van der Waals surface area (Å²) in [4.78, 5) is 11.4. The van der Waals surface area contributed by atoms with Crippen molar-refractivity contribution in [1.82, 2.24) is 5.32 Å². The van der Waals surface area contributed by atoms with Crippen LogP contribution in [0.5, 0.6) is 11.5 Å². The molecule has 0 unspecified atom stereocenters. The number of carbonyl (C=O) groups is 1. The van der Waals surface area contributed by atoms with E-state index < -0.39 is 0 Å². The van der Waals surface area contributed by atoms with Crippen molar-refractivity contribution in [3.8, 4) is 11.5 Å². The predicted octanol–water partition coefficient (Wildman–Crippen LogP) is 2.51. The fourth-order valence-electron chi connectivity index (χ4n) is 1.77. The van der Waals surface area contributed by atoms with Crippen LogP contribution in [-0.2, 0) is 11.3 Å². The number of ether oxygens (including phenoxy) is 2. The highest BCUT2D eigenvalue weighted by Crippen LogP contribution is 2.28. The number of amides is 1. The summed E-state index contributed by atoms with van der Waals surface area (Å²) >= 11 is 0. The van der Waals surface area contributed by atoms with E-state index in [1.807, 2.05) is 18.2 Å². The highest BCUT2D eigenvalue weighted by Gasteiger charge is 2.07. The number of rotatable bonds is 9. The number of nitrogens with one attached hydrogen (secondary N) is 1. The van der Waals surface area contributed by atoms with Crippen molar-refractivity contribution in [3.63, 3.8) is 0 Å². The third-order valence-corrected chi connectivity index (χ3v) is 3.04. The Morgan fingerprint density at radius 2 is 2.05 bits per heavy atom. The number of benzene rings is 1. The highest BCUT2D eigenvalue weighted by molar-refractivity contribution is 5.85. The molecular formula is C16H27ClN2O3. The lowest BCUT2D eigenvalue weighted by molar-refractivity contribution is -0.121. The minimum Gasteiger partial charge on any atom is -0.493 e. The summed E-state index contributed by atoms with van der Waals surface area (Å²) in [6.45, 7) is 5.81. The van der Waals surface area contributed by atoms with E-state index in [2.05, 4.69) is 19.2 Å². The molecule has 0 saturated carbocycles. The van der Waals surface area contributed by atoms with Gasteiger partial charge in [-0.05, 0) is 30.0 Å². The van der Waals surface area contributed by atoms with Crippen LogP contribution < -0.4 is 20.5 Å². The van der Waals surface area contributed by atoms with E-state index in [4.69, 9.17) is 15.2 Å². The summed E-state index contributed by atoms with van der Waals surface area (Å²) in [5, 5.41) is 2.81. The van der Waals surface area contributed by atoms with Gasteiger partial charge in [-0.1, -0.05) is 19.9 Å². The van der Waals surface area contributed by atoms with Gasteiger partial charge in [-0.3, -0.25) is 4.79 Å². The van der Waals surface area contributed by atoms with Crippen LogP contribution in [0.25, 0.3) is 0 Å². The highest BCUT2D eigenvalue weighted by atomic mass is 35.5. The summed E-state index contributed by atoms with van der Waals surface area (Å²) in [7, 11) is 1.61. The zero-order valence-corrected chi connectivity index (χ0v) is 14.4. The van der Waals surface area contributed by atoms with Crippen molar-refractivity contribution in [2.75, 3.05) is 20.3 Å². The molecule has 22 heavy (non-hydrogen) atoms. The van der Waals surface area contributed by atoms with E-state index in [0.717, 1.165) is 17.7 Å². The average Bonchev–Trinajstić information content (AvgIpc) is 2.46. The predicted molar refractivity (Wildman–Crippen MR) is 90.7 cm³/mol. The van der Waals surface area contributed by atoms with Crippen molar-refractivity contribution >= 4 is 18.3 Å². The molecule has 0 saturated heterocycles. The van der Waals surface area contributed by atoms with Gasteiger partial charge in [0.2, 0.25) is 5.91 Å². The Morgan fingerprint density at radius 1 is 1.32 bits per heavy atom. The van der Waals surface area contributed by atoms with Crippen molar-refractivity contribution in [1.29, 1.82) is 0 Å². The summed E-state index contributed by atoms with van der Waals surface area (Å²) in [6.07, 6.45) is 1.34. The van der Waals surface area contributed by atoms with Crippen LogP contribution in [0.2, 0.25) is 0 Å². The zero-order chi connectivity index (χ0) is 15.7. The van der Waals surface area contributed by atoms with Crippen molar-refractivity contribution < 1.29 is 14.3 Å². The van der Waals surface area contributed by atoms with Crippen molar-refractivity contribution in [2.45, 2.75) is 33.2 Å². The molecule has 0 aliphatic carbocycles. The van der Waals surface area contributed by atoms with Crippen LogP contribution in [0.4, 0.5) is 0 Å².